The molecule has 0 saturated carbocycles. The first-order valence-electron chi connectivity index (χ1n) is 8.04. The van der Waals surface area contributed by atoms with Crippen molar-refractivity contribution >= 4 is 6.09 Å². The van der Waals surface area contributed by atoms with Gasteiger partial charge in [0.15, 0.2) is 0 Å². The quantitative estimate of drug-likeness (QED) is 0.658. The zero-order valence-corrected chi connectivity index (χ0v) is 14.6. The molecule has 1 aromatic heterocycles. The maximum Gasteiger partial charge on any atom is 0.410 e. The fourth-order valence-electron chi connectivity index (χ4n) is 1.90. The lowest BCUT2D eigenvalue weighted by atomic mass is 10.2. The van der Waals surface area contributed by atoms with Gasteiger partial charge >= 0.3 is 6.09 Å². The van der Waals surface area contributed by atoms with E-state index in [-0.39, 0.29) is 12.7 Å². The van der Waals surface area contributed by atoms with Crippen LogP contribution >= 0.6 is 0 Å². The van der Waals surface area contributed by atoms with Gasteiger partial charge in [-0.05, 0) is 34.1 Å². The minimum absolute atomic E-state index is 0.144. The second-order valence-electron chi connectivity index (χ2n) is 6.29. The molecule has 0 aromatic carbocycles. The Balaban J connectivity index is 2.29. The van der Waals surface area contributed by atoms with Crippen LogP contribution in [0.5, 0.6) is 0 Å². The fraction of sp³-hybridized carbons (Fsp3) is 0.800. The van der Waals surface area contributed by atoms with E-state index in [2.05, 4.69) is 15.6 Å². The van der Waals surface area contributed by atoms with Crippen LogP contribution in [0.3, 0.4) is 0 Å². The number of nitrogens with zero attached hydrogens (tertiary/aromatic N) is 4. The molecule has 8 heteroatoms. The maximum atomic E-state index is 12.0. The number of aromatic nitrogens is 3. The maximum absolute atomic E-state index is 12.0. The number of likely N-dealkylation sites (N-methyl/N-ethyl adjacent to an activating group) is 1. The second-order valence-corrected chi connectivity index (χ2v) is 6.29. The Morgan fingerprint density at radius 3 is 2.83 bits per heavy atom. The SMILES string of the molecule is CCN(CCNCc1cn(CCCO)nn1)C(=O)OC(C)(C)C. The summed E-state index contributed by atoms with van der Waals surface area (Å²) in [5.41, 5.74) is 0.355. The summed E-state index contributed by atoms with van der Waals surface area (Å²) in [6, 6.07) is 0. The molecule has 2 N–H and O–H groups in total. The monoisotopic (exact) mass is 327 g/mol. The number of aryl methyl sites for hydroxylation is 1. The van der Waals surface area contributed by atoms with Crippen molar-refractivity contribution in [3.05, 3.63) is 11.9 Å². The Kier molecular flexibility index (Phi) is 7.97. The van der Waals surface area contributed by atoms with Crippen LogP contribution in [0.4, 0.5) is 4.79 Å². The number of aliphatic hydroxyl groups is 1. The highest BCUT2D eigenvalue weighted by molar-refractivity contribution is 5.68. The van der Waals surface area contributed by atoms with E-state index >= 15 is 0 Å². The van der Waals surface area contributed by atoms with Gasteiger partial charge in [0.05, 0.1) is 5.69 Å². The van der Waals surface area contributed by atoms with Crippen molar-refractivity contribution in [1.29, 1.82) is 0 Å². The van der Waals surface area contributed by atoms with Crippen molar-refractivity contribution in [2.24, 2.45) is 0 Å². The van der Waals surface area contributed by atoms with Gasteiger partial charge in [-0.15, -0.1) is 5.10 Å². The minimum Gasteiger partial charge on any atom is -0.444 e. The van der Waals surface area contributed by atoms with Crippen molar-refractivity contribution in [3.8, 4) is 0 Å². The Hall–Kier alpha value is -1.67. The number of amides is 1. The third kappa shape index (κ3) is 7.94. The standard InChI is InChI=1S/C15H29N5O3/c1-5-19(14(22)23-15(2,3)4)9-7-16-11-13-12-20(18-17-13)8-6-10-21/h12,16,21H,5-11H2,1-4H3. The molecule has 132 valence electrons. The van der Waals surface area contributed by atoms with Crippen molar-refractivity contribution in [1.82, 2.24) is 25.2 Å². The molecule has 0 bridgehead atoms. The lowest BCUT2D eigenvalue weighted by Crippen LogP contribution is -2.40. The summed E-state index contributed by atoms with van der Waals surface area (Å²) in [4.78, 5) is 13.7. The van der Waals surface area contributed by atoms with E-state index in [1.807, 2.05) is 33.9 Å². The average molecular weight is 327 g/mol. The van der Waals surface area contributed by atoms with Gasteiger partial charge in [0.1, 0.15) is 5.60 Å². The molecule has 1 heterocycles. The highest BCUT2D eigenvalue weighted by atomic mass is 16.6. The fourth-order valence-corrected chi connectivity index (χ4v) is 1.90. The first-order valence-corrected chi connectivity index (χ1v) is 8.04. The second kappa shape index (κ2) is 9.46. The normalized spacial score (nSPS) is 11.5. The summed E-state index contributed by atoms with van der Waals surface area (Å²) >= 11 is 0. The van der Waals surface area contributed by atoms with Crippen LogP contribution in [0.15, 0.2) is 6.20 Å². The number of carbonyl (C=O) groups excluding carboxylic acids is 1. The van der Waals surface area contributed by atoms with Crippen LogP contribution in [0.1, 0.15) is 39.8 Å². The van der Waals surface area contributed by atoms with Crippen LogP contribution in [0, 0.1) is 0 Å². The summed E-state index contributed by atoms with van der Waals surface area (Å²) in [5, 5.41) is 20.1. The van der Waals surface area contributed by atoms with Gasteiger partial charge in [0.25, 0.3) is 0 Å². The van der Waals surface area contributed by atoms with E-state index in [4.69, 9.17) is 9.84 Å². The average Bonchev–Trinajstić information content (AvgIpc) is 2.91. The van der Waals surface area contributed by atoms with Crippen molar-refractivity contribution in [2.45, 2.75) is 52.8 Å². The zero-order valence-electron chi connectivity index (χ0n) is 14.6. The zero-order chi connectivity index (χ0) is 17.3. The number of hydrogen-bond acceptors (Lipinski definition) is 6. The first-order chi connectivity index (χ1) is 10.9. The number of ether oxygens (including phenoxy) is 1. The lowest BCUT2D eigenvalue weighted by Gasteiger charge is -2.26. The van der Waals surface area contributed by atoms with Gasteiger partial charge in [-0.3, -0.25) is 4.68 Å². The molecule has 0 aliphatic carbocycles. The smallest absolute Gasteiger partial charge is 0.410 e. The molecule has 1 rings (SSSR count). The molecule has 1 aromatic rings. The number of aliphatic hydroxyl groups excluding tert-OH is 1. The summed E-state index contributed by atoms with van der Waals surface area (Å²) in [5.74, 6) is 0. The van der Waals surface area contributed by atoms with Crippen LogP contribution in [0.2, 0.25) is 0 Å². The highest BCUT2D eigenvalue weighted by Crippen LogP contribution is 2.09. The Morgan fingerprint density at radius 2 is 2.22 bits per heavy atom. The minimum atomic E-state index is -0.481. The number of rotatable bonds is 9. The van der Waals surface area contributed by atoms with E-state index in [1.54, 1.807) is 9.58 Å². The topological polar surface area (TPSA) is 92.5 Å². The summed E-state index contributed by atoms with van der Waals surface area (Å²) < 4.78 is 7.07. The van der Waals surface area contributed by atoms with Crippen molar-refractivity contribution in [2.75, 3.05) is 26.2 Å². The van der Waals surface area contributed by atoms with E-state index < -0.39 is 5.60 Å². The van der Waals surface area contributed by atoms with Gasteiger partial charge in [-0.1, -0.05) is 5.21 Å². The molecular formula is C15H29N5O3. The third-order valence-corrected chi connectivity index (χ3v) is 3.03. The summed E-state index contributed by atoms with van der Waals surface area (Å²) in [6.45, 7) is 10.7. The third-order valence-electron chi connectivity index (χ3n) is 3.03. The number of hydrogen-bond donors (Lipinski definition) is 2. The molecule has 0 saturated heterocycles. The first kappa shape index (κ1) is 19.4. The van der Waals surface area contributed by atoms with Crippen molar-refractivity contribution < 1.29 is 14.6 Å². The van der Waals surface area contributed by atoms with Gasteiger partial charge in [-0.25, -0.2) is 4.79 Å². The Labute approximate surface area is 137 Å². The number of nitrogens with one attached hydrogen (secondary N) is 1. The predicted octanol–water partition coefficient (Wildman–Crippen LogP) is 1.01. The van der Waals surface area contributed by atoms with Crippen LogP contribution in [-0.4, -0.2) is 62.9 Å². The molecule has 0 unspecified atom stereocenters. The Bertz CT molecular complexity index is 470. The van der Waals surface area contributed by atoms with E-state index in [9.17, 15) is 4.79 Å². The summed E-state index contributed by atoms with van der Waals surface area (Å²) in [6.07, 6.45) is 2.22. The largest absolute Gasteiger partial charge is 0.444 e. The molecule has 0 aliphatic heterocycles. The Morgan fingerprint density at radius 1 is 1.48 bits per heavy atom. The number of carbonyl (C=O) groups is 1. The molecule has 0 fully saturated rings. The molecular weight excluding hydrogens is 298 g/mol. The van der Waals surface area contributed by atoms with Gasteiger partial charge < -0.3 is 20.1 Å². The van der Waals surface area contributed by atoms with Crippen LogP contribution in [-0.2, 0) is 17.8 Å². The molecule has 23 heavy (non-hydrogen) atoms. The van der Waals surface area contributed by atoms with Crippen LogP contribution < -0.4 is 5.32 Å². The lowest BCUT2D eigenvalue weighted by molar-refractivity contribution is 0.0262. The molecule has 0 spiro atoms. The molecule has 1 amide bonds. The molecule has 0 aliphatic rings. The molecule has 0 atom stereocenters. The van der Waals surface area contributed by atoms with E-state index in [1.165, 1.54) is 0 Å². The van der Waals surface area contributed by atoms with Gasteiger partial charge in [0.2, 0.25) is 0 Å². The van der Waals surface area contributed by atoms with Crippen LogP contribution in [0.25, 0.3) is 0 Å². The van der Waals surface area contributed by atoms with Gasteiger partial charge in [-0.2, -0.15) is 0 Å². The highest BCUT2D eigenvalue weighted by Gasteiger charge is 2.20. The van der Waals surface area contributed by atoms with E-state index in [0.717, 1.165) is 5.69 Å². The predicted molar refractivity (Wildman–Crippen MR) is 86.9 cm³/mol. The molecule has 8 nitrogen and oxygen atoms in total. The van der Waals surface area contributed by atoms with Gasteiger partial charge in [0, 0.05) is 45.5 Å². The van der Waals surface area contributed by atoms with E-state index in [0.29, 0.717) is 39.1 Å². The molecule has 0 radical (unpaired) electrons. The summed E-state index contributed by atoms with van der Waals surface area (Å²) in [7, 11) is 0. The van der Waals surface area contributed by atoms with Crippen molar-refractivity contribution in [3.63, 3.8) is 0 Å².